The van der Waals surface area contributed by atoms with Crippen molar-refractivity contribution < 1.29 is 43.6 Å². The molecule has 0 aromatic carbocycles. The van der Waals surface area contributed by atoms with E-state index < -0.39 is 59.4 Å². The molecule has 2 aliphatic heterocycles. The zero-order chi connectivity index (χ0) is 23.6. The second-order valence-electron chi connectivity index (χ2n) is 8.52. The van der Waals surface area contributed by atoms with Crippen molar-refractivity contribution in [1.29, 1.82) is 0 Å². The number of aliphatic hydroxyl groups excluding tert-OH is 1. The topological polar surface area (TPSA) is 140 Å². The van der Waals surface area contributed by atoms with Crippen molar-refractivity contribution in [3.63, 3.8) is 0 Å². The van der Waals surface area contributed by atoms with Gasteiger partial charge in [-0.25, -0.2) is 9.59 Å². The van der Waals surface area contributed by atoms with Crippen LogP contribution in [-0.4, -0.2) is 89.0 Å². The van der Waals surface area contributed by atoms with Crippen LogP contribution in [0.4, 0.5) is 0 Å². The minimum absolute atomic E-state index is 0.122. The maximum Gasteiger partial charge on any atom is 0.350 e. The number of likely N-dealkylation sites (N-methyl/N-ethyl adjacent to an activating group) is 1. The number of carbonyl (C=O) groups is 4. The fourth-order valence-corrected chi connectivity index (χ4v) is 3.62. The van der Waals surface area contributed by atoms with Crippen LogP contribution in [0.25, 0.3) is 0 Å². The van der Waals surface area contributed by atoms with Crippen LogP contribution in [0.2, 0.25) is 0 Å². The van der Waals surface area contributed by atoms with Crippen molar-refractivity contribution in [2.24, 2.45) is 5.92 Å². The van der Waals surface area contributed by atoms with Gasteiger partial charge in [0.1, 0.15) is 6.61 Å². The normalized spacial score (nSPS) is 34.7. The molecule has 0 spiro atoms. The molecule has 0 amide bonds. The predicted octanol–water partition coefficient (Wildman–Crippen LogP) is -0.254. The molecule has 0 aliphatic carbocycles. The van der Waals surface area contributed by atoms with Crippen LogP contribution in [0.3, 0.4) is 0 Å². The van der Waals surface area contributed by atoms with Crippen LogP contribution in [-0.2, 0) is 33.4 Å². The van der Waals surface area contributed by atoms with E-state index in [9.17, 15) is 29.4 Å². The molecule has 31 heavy (non-hydrogen) atoms. The van der Waals surface area contributed by atoms with E-state index in [2.05, 4.69) is 0 Å². The molecule has 2 aliphatic rings. The standard InChI is InChI=1S/C21H31NO9/c1-12-10-21(28,13(2)23)19(27)30-16-7-9-22(5)8-6-15(17(16)25)11-29-18(26)20(12,4)31-14(3)24/h6,12-13,16,23,28H,7-11H2,1-5H3/t12-,13-,16+,20-,21-/m0/s1. The Balaban J connectivity index is 2.56. The molecule has 2 bridgehead atoms. The lowest BCUT2D eigenvalue weighted by molar-refractivity contribution is -0.199. The zero-order valence-corrected chi connectivity index (χ0v) is 18.5. The van der Waals surface area contributed by atoms with Crippen LogP contribution in [0.15, 0.2) is 11.6 Å². The van der Waals surface area contributed by atoms with Gasteiger partial charge in [0.2, 0.25) is 11.4 Å². The summed E-state index contributed by atoms with van der Waals surface area (Å²) in [6, 6.07) is 0. The van der Waals surface area contributed by atoms with Crippen molar-refractivity contribution in [3.05, 3.63) is 11.6 Å². The minimum atomic E-state index is -2.45. The molecule has 1 saturated heterocycles. The van der Waals surface area contributed by atoms with Crippen LogP contribution in [0.5, 0.6) is 0 Å². The van der Waals surface area contributed by atoms with Crippen molar-refractivity contribution in [3.8, 4) is 0 Å². The molecule has 0 aromatic rings. The lowest BCUT2D eigenvalue weighted by atomic mass is 9.78. The fourth-order valence-electron chi connectivity index (χ4n) is 3.62. The number of hydrogen-bond acceptors (Lipinski definition) is 10. The summed E-state index contributed by atoms with van der Waals surface area (Å²) in [4.78, 5) is 52.4. The number of esters is 3. The van der Waals surface area contributed by atoms with E-state index >= 15 is 0 Å². The Kier molecular flexibility index (Phi) is 7.61. The van der Waals surface area contributed by atoms with Crippen LogP contribution in [0, 0.1) is 5.92 Å². The van der Waals surface area contributed by atoms with Crippen molar-refractivity contribution in [2.45, 2.75) is 63.9 Å². The molecular formula is C21H31NO9. The first-order valence-electron chi connectivity index (χ1n) is 10.2. The number of aliphatic hydroxyl groups is 2. The predicted molar refractivity (Wildman–Crippen MR) is 107 cm³/mol. The number of nitrogens with zero attached hydrogens (tertiary/aromatic N) is 1. The van der Waals surface area contributed by atoms with E-state index in [0.717, 1.165) is 6.92 Å². The number of cyclic esters (lactones) is 1. The van der Waals surface area contributed by atoms with Gasteiger partial charge >= 0.3 is 17.9 Å². The quantitative estimate of drug-likeness (QED) is 0.435. The van der Waals surface area contributed by atoms with Gasteiger partial charge in [-0.1, -0.05) is 13.0 Å². The van der Waals surface area contributed by atoms with Gasteiger partial charge in [-0.3, -0.25) is 9.59 Å². The van der Waals surface area contributed by atoms with E-state index in [-0.39, 0.29) is 18.6 Å². The summed E-state index contributed by atoms with van der Waals surface area (Å²) in [5.74, 6) is -4.39. The maximum atomic E-state index is 13.0. The molecule has 0 saturated carbocycles. The summed E-state index contributed by atoms with van der Waals surface area (Å²) >= 11 is 0. The summed E-state index contributed by atoms with van der Waals surface area (Å²) < 4.78 is 16.0. The molecule has 10 heteroatoms. The highest BCUT2D eigenvalue weighted by molar-refractivity contribution is 6.01. The second-order valence-corrected chi connectivity index (χ2v) is 8.52. The zero-order valence-electron chi connectivity index (χ0n) is 18.5. The summed E-state index contributed by atoms with van der Waals surface area (Å²) in [5, 5.41) is 21.2. The Morgan fingerprint density at radius 1 is 1.32 bits per heavy atom. The van der Waals surface area contributed by atoms with Gasteiger partial charge < -0.3 is 29.3 Å². The highest BCUT2D eigenvalue weighted by Crippen LogP contribution is 2.34. The first kappa shape index (κ1) is 25.0. The molecule has 10 nitrogen and oxygen atoms in total. The number of fused-ring (bicyclic) bond motifs is 2. The number of ether oxygens (including phenoxy) is 3. The van der Waals surface area contributed by atoms with Crippen LogP contribution in [0.1, 0.15) is 40.5 Å². The molecule has 5 atom stereocenters. The summed E-state index contributed by atoms with van der Waals surface area (Å²) in [6.45, 7) is 5.55. The Morgan fingerprint density at radius 2 is 1.97 bits per heavy atom. The smallest absolute Gasteiger partial charge is 0.350 e. The van der Waals surface area contributed by atoms with Gasteiger partial charge in [0, 0.05) is 37.9 Å². The van der Waals surface area contributed by atoms with Gasteiger partial charge in [0.25, 0.3) is 0 Å². The minimum Gasteiger partial charge on any atom is -0.458 e. The average molecular weight is 441 g/mol. The van der Waals surface area contributed by atoms with E-state index in [1.807, 2.05) is 11.9 Å². The first-order valence-corrected chi connectivity index (χ1v) is 10.2. The van der Waals surface area contributed by atoms with Crippen molar-refractivity contribution in [1.82, 2.24) is 4.90 Å². The number of hydrogen-bond donors (Lipinski definition) is 2. The van der Waals surface area contributed by atoms with E-state index in [1.165, 1.54) is 20.8 Å². The second kappa shape index (κ2) is 9.46. The lowest BCUT2D eigenvalue weighted by Gasteiger charge is -2.39. The first-order chi connectivity index (χ1) is 14.3. The summed E-state index contributed by atoms with van der Waals surface area (Å²) in [5.41, 5.74) is -4.20. The third-order valence-electron chi connectivity index (χ3n) is 6.00. The van der Waals surface area contributed by atoms with Crippen LogP contribution >= 0.6 is 0 Å². The Labute approximate surface area is 181 Å². The average Bonchev–Trinajstić information content (AvgIpc) is 2.67. The van der Waals surface area contributed by atoms with Crippen molar-refractivity contribution >= 4 is 23.7 Å². The van der Waals surface area contributed by atoms with Gasteiger partial charge in [0.15, 0.2) is 11.7 Å². The molecule has 0 unspecified atom stereocenters. The molecule has 2 heterocycles. The molecule has 0 aromatic heterocycles. The third kappa shape index (κ3) is 5.31. The van der Waals surface area contributed by atoms with Gasteiger partial charge in [-0.2, -0.15) is 0 Å². The third-order valence-corrected chi connectivity index (χ3v) is 6.00. The highest BCUT2D eigenvalue weighted by Gasteiger charge is 2.53. The molecule has 2 N–H and O–H groups in total. The number of rotatable bonds is 2. The summed E-state index contributed by atoms with van der Waals surface area (Å²) in [7, 11) is 1.81. The molecule has 2 rings (SSSR count). The van der Waals surface area contributed by atoms with Gasteiger partial charge in [-0.15, -0.1) is 0 Å². The Morgan fingerprint density at radius 3 is 2.55 bits per heavy atom. The largest absolute Gasteiger partial charge is 0.458 e. The van der Waals surface area contributed by atoms with Gasteiger partial charge in [-0.05, 0) is 27.3 Å². The monoisotopic (exact) mass is 441 g/mol. The summed E-state index contributed by atoms with van der Waals surface area (Å²) in [6.07, 6.45) is -1.53. The van der Waals surface area contributed by atoms with Crippen molar-refractivity contribution in [2.75, 3.05) is 26.7 Å². The Hall–Kier alpha value is -2.30. The number of carbonyl (C=O) groups excluding carboxylic acids is 4. The fraction of sp³-hybridized carbons (Fsp3) is 0.714. The molecule has 0 radical (unpaired) electrons. The Bertz CT molecular complexity index is 777. The van der Waals surface area contributed by atoms with E-state index in [0.29, 0.717) is 13.1 Å². The maximum absolute atomic E-state index is 13.0. The van der Waals surface area contributed by atoms with Gasteiger partial charge in [0.05, 0.1) is 6.10 Å². The van der Waals surface area contributed by atoms with Crippen LogP contribution < -0.4 is 0 Å². The number of Topliss-reactive ketones (excluding diaryl/α,β-unsaturated/α-hetero) is 1. The van der Waals surface area contributed by atoms with E-state index in [4.69, 9.17) is 14.2 Å². The SMILES string of the molecule is CC(=O)O[C@]1(C)C(=O)OCC2=CCN(C)CC[C@@H](OC(=O)[C@@](O)([C@H](C)O)C[C@@H]1C)C2=O. The molecular weight excluding hydrogens is 410 g/mol. The molecule has 1 fully saturated rings. The highest BCUT2D eigenvalue weighted by atomic mass is 16.6. The van der Waals surface area contributed by atoms with E-state index in [1.54, 1.807) is 6.08 Å². The number of ketones is 1. The lowest BCUT2D eigenvalue weighted by Crippen LogP contribution is -2.57. The molecule has 174 valence electrons.